The molecule has 0 aliphatic carbocycles. The Morgan fingerprint density at radius 3 is 3.19 bits per heavy atom. The number of thioether (sulfide) groups is 1. The Morgan fingerprint density at radius 1 is 1.62 bits per heavy atom. The third kappa shape index (κ3) is 3.23. The molecule has 2 nitrogen and oxygen atoms in total. The average Bonchev–Trinajstić information content (AvgIpc) is 2.79. The second-order valence-electron chi connectivity index (χ2n) is 4.40. The van der Waals surface area contributed by atoms with Gasteiger partial charge in [-0.25, -0.2) is 0 Å². The molecule has 0 aromatic carbocycles. The molecule has 1 aliphatic rings. The standard InChI is InChI=1S/C12H20N2S2/c1-14-6-8-15-9-12(14)11(13)5-4-10-3-2-7-16-10/h2-3,7,11-12H,4-6,8-9,13H2,1H3. The van der Waals surface area contributed by atoms with Crippen LogP contribution in [0, 0.1) is 0 Å². The van der Waals surface area contributed by atoms with Crippen molar-refractivity contribution in [2.45, 2.75) is 24.9 Å². The molecule has 16 heavy (non-hydrogen) atoms. The lowest BCUT2D eigenvalue weighted by Gasteiger charge is -2.36. The van der Waals surface area contributed by atoms with Crippen molar-refractivity contribution in [3.05, 3.63) is 22.4 Å². The quantitative estimate of drug-likeness (QED) is 0.894. The summed E-state index contributed by atoms with van der Waals surface area (Å²) in [5.41, 5.74) is 6.31. The molecule has 2 N–H and O–H groups in total. The van der Waals surface area contributed by atoms with E-state index in [1.54, 1.807) is 0 Å². The molecule has 0 saturated carbocycles. The van der Waals surface area contributed by atoms with Crippen molar-refractivity contribution < 1.29 is 0 Å². The first-order valence-electron chi connectivity index (χ1n) is 5.83. The highest BCUT2D eigenvalue weighted by Crippen LogP contribution is 2.19. The summed E-state index contributed by atoms with van der Waals surface area (Å²) in [6.07, 6.45) is 2.24. The summed E-state index contributed by atoms with van der Waals surface area (Å²) < 4.78 is 0. The smallest absolute Gasteiger partial charge is 0.0335 e. The van der Waals surface area contributed by atoms with Crippen LogP contribution >= 0.6 is 23.1 Å². The molecule has 90 valence electrons. The molecule has 0 amide bonds. The summed E-state index contributed by atoms with van der Waals surface area (Å²) in [6, 6.07) is 5.21. The summed E-state index contributed by atoms with van der Waals surface area (Å²) in [5.74, 6) is 2.45. The fourth-order valence-electron chi connectivity index (χ4n) is 2.11. The topological polar surface area (TPSA) is 29.3 Å². The van der Waals surface area contributed by atoms with E-state index in [0.29, 0.717) is 12.1 Å². The van der Waals surface area contributed by atoms with Gasteiger partial charge in [-0.3, -0.25) is 0 Å². The van der Waals surface area contributed by atoms with Crippen molar-refractivity contribution in [2.24, 2.45) is 5.73 Å². The van der Waals surface area contributed by atoms with E-state index >= 15 is 0 Å². The molecular formula is C12H20N2S2. The van der Waals surface area contributed by atoms with Gasteiger partial charge in [0.15, 0.2) is 0 Å². The monoisotopic (exact) mass is 256 g/mol. The van der Waals surface area contributed by atoms with Crippen LogP contribution in [0.5, 0.6) is 0 Å². The summed E-state index contributed by atoms with van der Waals surface area (Å²) in [5, 5.41) is 2.14. The molecular weight excluding hydrogens is 236 g/mol. The van der Waals surface area contributed by atoms with E-state index < -0.39 is 0 Å². The lowest BCUT2D eigenvalue weighted by Crippen LogP contribution is -2.50. The second-order valence-corrected chi connectivity index (χ2v) is 6.59. The van der Waals surface area contributed by atoms with Gasteiger partial charge >= 0.3 is 0 Å². The van der Waals surface area contributed by atoms with Crippen LogP contribution in [-0.2, 0) is 6.42 Å². The predicted octanol–water partition coefficient (Wildman–Crippen LogP) is 2.06. The van der Waals surface area contributed by atoms with E-state index in [0.717, 1.165) is 12.8 Å². The maximum absolute atomic E-state index is 6.31. The summed E-state index contributed by atoms with van der Waals surface area (Å²) >= 11 is 3.88. The number of hydrogen-bond donors (Lipinski definition) is 1. The van der Waals surface area contributed by atoms with Crippen molar-refractivity contribution >= 4 is 23.1 Å². The van der Waals surface area contributed by atoms with Crippen LogP contribution in [0.15, 0.2) is 17.5 Å². The van der Waals surface area contributed by atoms with Gasteiger partial charge < -0.3 is 10.6 Å². The lowest BCUT2D eigenvalue weighted by atomic mass is 10.0. The minimum Gasteiger partial charge on any atom is -0.326 e. The zero-order valence-corrected chi connectivity index (χ0v) is 11.4. The van der Waals surface area contributed by atoms with Crippen LogP contribution in [0.1, 0.15) is 11.3 Å². The van der Waals surface area contributed by atoms with E-state index in [1.807, 2.05) is 23.1 Å². The Labute approximate surface area is 106 Å². The first kappa shape index (κ1) is 12.4. The summed E-state index contributed by atoms with van der Waals surface area (Å²) in [4.78, 5) is 3.89. The van der Waals surface area contributed by atoms with Crippen molar-refractivity contribution in [3.63, 3.8) is 0 Å². The van der Waals surface area contributed by atoms with Gasteiger partial charge in [0, 0.05) is 35.0 Å². The Kier molecular flexibility index (Phi) is 4.70. The van der Waals surface area contributed by atoms with Crippen molar-refractivity contribution in [1.82, 2.24) is 4.90 Å². The first-order chi connectivity index (χ1) is 7.77. The molecule has 2 atom stereocenters. The Balaban J connectivity index is 1.80. The van der Waals surface area contributed by atoms with E-state index in [4.69, 9.17) is 5.73 Å². The van der Waals surface area contributed by atoms with Gasteiger partial charge in [-0.2, -0.15) is 11.8 Å². The number of aryl methyl sites for hydroxylation is 1. The second kappa shape index (κ2) is 6.05. The van der Waals surface area contributed by atoms with Gasteiger partial charge in [-0.15, -0.1) is 11.3 Å². The van der Waals surface area contributed by atoms with E-state index in [2.05, 4.69) is 29.5 Å². The summed E-state index contributed by atoms with van der Waals surface area (Å²) in [6.45, 7) is 1.18. The van der Waals surface area contributed by atoms with Gasteiger partial charge in [-0.05, 0) is 31.3 Å². The molecule has 0 radical (unpaired) electrons. The Hall–Kier alpha value is -0.0300. The molecule has 2 heterocycles. The minimum atomic E-state index is 0.319. The highest BCUT2D eigenvalue weighted by molar-refractivity contribution is 7.99. The number of likely N-dealkylation sites (N-methyl/N-ethyl adjacent to an activating group) is 1. The van der Waals surface area contributed by atoms with E-state index in [1.165, 1.54) is 22.9 Å². The first-order valence-corrected chi connectivity index (χ1v) is 7.87. The van der Waals surface area contributed by atoms with Crippen LogP contribution in [0.4, 0.5) is 0 Å². The predicted molar refractivity (Wildman–Crippen MR) is 74.4 cm³/mol. The van der Waals surface area contributed by atoms with Gasteiger partial charge in [0.05, 0.1) is 0 Å². The number of thiophene rings is 1. The van der Waals surface area contributed by atoms with Crippen LogP contribution in [0.2, 0.25) is 0 Å². The number of rotatable bonds is 4. The van der Waals surface area contributed by atoms with Crippen LogP contribution in [-0.4, -0.2) is 42.1 Å². The highest BCUT2D eigenvalue weighted by Gasteiger charge is 2.24. The largest absolute Gasteiger partial charge is 0.326 e. The molecule has 1 aromatic rings. The number of nitrogens with two attached hydrogens (primary N) is 1. The zero-order valence-electron chi connectivity index (χ0n) is 9.76. The van der Waals surface area contributed by atoms with Crippen molar-refractivity contribution in [3.8, 4) is 0 Å². The number of nitrogens with zero attached hydrogens (tertiary/aromatic N) is 1. The Bertz CT molecular complexity index is 300. The van der Waals surface area contributed by atoms with Gasteiger partial charge in [0.25, 0.3) is 0 Å². The molecule has 1 aliphatic heterocycles. The molecule has 4 heteroatoms. The molecule has 1 fully saturated rings. The maximum Gasteiger partial charge on any atom is 0.0335 e. The zero-order chi connectivity index (χ0) is 11.4. The molecule has 2 unspecified atom stereocenters. The number of hydrogen-bond acceptors (Lipinski definition) is 4. The van der Waals surface area contributed by atoms with Crippen LogP contribution in [0.25, 0.3) is 0 Å². The van der Waals surface area contributed by atoms with E-state index in [-0.39, 0.29) is 0 Å². The van der Waals surface area contributed by atoms with Crippen molar-refractivity contribution in [2.75, 3.05) is 25.1 Å². The molecule has 1 saturated heterocycles. The Morgan fingerprint density at radius 2 is 2.50 bits per heavy atom. The molecule has 0 bridgehead atoms. The van der Waals surface area contributed by atoms with Gasteiger partial charge in [0.1, 0.15) is 0 Å². The van der Waals surface area contributed by atoms with Crippen LogP contribution < -0.4 is 5.73 Å². The fraction of sp³-hybridized carbons (Fsp3) is 0.667. The maximum atomic E-state index is 6.31. The van der Waals surface area contributed by atoms with Crippen LogP contribution in [0.3, 0.4) is 0 Å². The van der Waals surface area contributed by atoms with Crippen molar-refractivity contribution in [1.29, 1.82) is 0 Å². The molecule has 1 aromatic heterocycles. The van der Waals surface area contributed by atoms with Gasteiger partial charge in [0.2, 0.25) is 0 Å². The normalized spacial score (nSPS) is 24.5. The minimum absolute atomic E-state index is 0.319. The third-order valence-electron chi connectivity index (χ3n) is 3.24. The average molecular weight is 256 g/mol. The molecule has 2 rings (SSSR count). The SMILES string of the molecule is CN1CCSCC1C(N)CCc1cccs1. The third-order valence-corrected chi connectivity index (χ3v) is 5.23. The lowest BCUT2D eigenvalue weighted by molar-refractivity contribution is 0.231. The highest BCUT2D eigenvalue weighted by atomic mass is 32.2. The van der Waals surface area contributed by atoms with E-state index in [9.17, 15) is 0 Å². The summed E-state index contributed by atoms with van der Waals surface area (Å²) in [7, 11) is 2.20. The fourth-order valence-corrected chi connectivity index (χ4v) is 4.16. The molecule has 0 spiro atoms. The van der Waals surface area contributed by atoms with Gasteiger partial charge in [-0.1, -0.05) is 6.07 Å².